The summed E-state index contributed by atoms with van der Waals surface area (Å²) in [5.41, 5.74) is 7.13. The van der Waals surface area contributed by atoms with E-state index < -0.39 is 0 Å². The van der Waals surface area contributed by atoms with E-state index in [1.54, 1.807) is 6.20 Å². The molecule has 1 heterocycles. The van der Waals surface area contributed by atoms with Gasteiger partial charge in [-0.25, -0.2) is 4.98 Å². The standard InChI is InChI=1S/C13H16N4O/c1-10-9-15-13(17-16-10)11-3-5-12(6-4-11)18-8-2-7-14/h3-6,9H,2,7-8,14H2,1H3. The zero-order valence-corrected chi connectivity index (χ0v) is 10.3. The molecule has 0 fully saturated rings. The summed E-state index contributed by atoms with van der Waals surface area (Å²) in [5.74, 6) is 1.45. The fourth-order valence-corrected chi connectivity index (χ4v) is 1.44. The van der Waals surface area contributed by atoms with E-state index in [9.17, 15) is 0 Å². The summed E-state index contributed by atoms with van der Waals surface area (Å²) >= 11 is 0. The summed E-state index contributed by atoms with van der Waals surface area (Å²) in [4.78, 5) is 4.22. The maximum atomic E-state index is 5.52. The zero-order valence-electron chi connectivity index (χ0n) is 10.3. The summed E-state index contributed by atoms with van der Waals surface area (Å²) < 4.78 is 5.52. The molecule has 0 bridgehead atoms. The number of benzene rings is 1. The molecule has 0 amide bonds. The number of ether oxygens (including phenoxy) is 1. The van der Waals surface area contributed by atoms with Crippen molar-refractivity contribution in [3.05, 3.63) is 36.2 Å². The maximum Gasteiger partial charge on any atom is 0.181 e. The Kier molecular flexibility index (Phi) is 4.20. The minimum absolute atomic E-state index is 0.620. The van der Waals surface area contributed by atoms with Crippen molar-refractivity contribution in [2.75, 3.05) is 13.2 Å². The molecule has 0 saturated heterocycles. The fourth-order valence-electron chi connectivity index (χ4n) is 1.44. The molecule has 0 unspecified atom stereocenters. The van der Waals surface area contributed by atoms with E-state index in [4.69, 9.17) is 10.5 Å². The molecular formula is C13H16N4O. The van der Waals surface area contributed by atoms with Crippen LogP contribution in [0.25, 0.3) is 11.4 Å². The van der Waals surface area contributed by atoms with E-state index >= 15 is 0 Å². The molecule has 1 aromatic carbocycles. The fraction of sp³-hybridized carbons (Fsp3) is 0.308. The minimum atomic E-state index is 0.620. The molecule has 0 spiro atoms. The molecule has 1 aromatic heterocycles. The van der Waals surface area contributed by atoms with Gasteiger partial charge in [0.1, 0.15) is 5.75 Å². The Morgan fingerprint density at radius 1 is 1.17 bits per heavy atom. The quantitative estimate of drug-likeness (QED) is 0.808. The zero-order chi connectivity index (χ0) is 12.8. The Labute approximate surface area is 106 Å². The predicted octanol–water partition coefficient (Wildman–Crippen LogP) is 1.57. The summed E-state index contributed by atoms with van der Waals surface area (Å²) in [6, 6.07) is 7.64. The number of nitrogens with zero attached hydrogens (tertiary/aromatic N) is 3. The predicted molar refractivity (Wildman–Crippen MR) is 69.2 cm³/mol. The molecule has 0 aliphatic rings. The Hall–Kier alpha value is -2.01. The van der Waals surface area contributed by atoms with Gasteiger partial charge in [0.25, 0.3) is 0 Å². The molecule has 2 N–H and O–H groups in total. The molecule has 2 aromatic rings. The van der Waals surface area contributed by atoms with Gasteiger partial charge in [0.15, 0.2) is 5.82 Å². The highest BCUT2D eigenvalue weighted by molar-refractivity contribution is 5.55. The van der Waals surface area contributed by atoms with Gasteiger partial charge < -0.3 is 10.5 Å². The second kappa shape index (κ2) is 6.07. The van der Waals surface area contributed by atoms with Gasteiger partial charge in [0, 0.05) is 5.56 Å². The number of rotatable bonds is 5. The first-order valence-electron chi connectivity index (χ1n) is 5.89. The molecule has 0 radical (unpaired) electrons. The molecule has 0 saturated carbocycles. The monoisotopic (exact) mass is 244 g/mol. The van der Waals surface area contributed by atoms with Crippen LogP contribution in [0.1, 0.15) is 12.1 Å². The summed E-state index contributed by atoms with van der Waals surface area (Å²) in [6.45, 7) is 3.14. The van der Waals surface area contributed by atoms with Gasteiger partial charge in [-0.15, -0.1) is 5.10 Å². The molecular weight excluding hydrogens is 228 g/mol. The van der Waals surface area contributed by atoms with Crippen molar-refractivity contribution in [3.8, 4) is 17.1 Å². The van der Waals surface area contributed by atoms with Gasteiger partial charge >= 0.3 is 0 Å². The average molecular weight is 244 g/mol. The normalized spacial score (nSPS) is 10.3. The van der Waals surface area contributed by atoms with E-state index in [0.29, 0.717) is 19.0 Å². The number of aromatic nitrogens is 3. The number of nitrogens with two attached hydrogens (primary N) is 1. The average Bonchev–Trinajstić information content (AvgIpc) is 2.41. The minimum Gasteiger partial charge on any atom is -0.494 e. The first-order valence-corrected chi connectivity index (χ1v) is 5.89. The summed E-state index contributed by atoms with van der Waals surface area (Å²) in [5, 5.41) is 8.02. The van der Waals surface area contributed by atoms with Crippen LogP contribution in [0.2, 0.25) is 0 Å². The van der Waals surface area contributed by atoms with Gasteiger partial charge in [-0.2, -0.15) is 5.10 Å². The lowest BCUT2D eigenvalue weighted by atomic mass is 10.2. The van der Waals surface area contributed by atoms with Crippen molar-refractivity contribution >= 4 is 0 Å². The van der Waals surface area contributed by atoms with E-state index in [1.165, 1.54) is 0 Å². The second-order valence-corrected chi connectivity index (χ2v) is 3.94. The van der Waals surface area contributed by atoms with E-state index in [0.717, 1.165) is 23.4 Å². The number of aryl methyl sites for hydroxylation is 1. The number of hydrogen-bond acceptors (Lipinski definition) is 5. The van der Waals surface area contributed by atoms with Gasteiger partial charge in [-0.3, -0.25) is 0 Å². The van der Waals surface area contributed by atoms with Gasteiger partial charge in [-0.1, -0.05) is 0 Å². The van der Waals surface area contributed by atoms with Crippen LogP contribution in [0, 0.1) is 6.92 Å². The highest BCUT2D eigenvalue weighted by atomic mass is 16.5. The topological polar surface area (TPSA) is 73.9 Å². The van der Waals surface area contributed by atoms with Gasteiger partial charge in [-0.05, 0) is 44.2 Å². The highest BCUT2D eigenvalue weighted by Gasteiger charge is 2.02. The van der Waals surface area contributed by atoms with Crippen molar-refractivity contribution in [1.29, 1.82) is 0 Å². The molecule has 94 valence electrons. The van der Waals surface area contributed by atoms with Crippen LogP contribution in [0.5, 0.6) is 5.75 Å². The van der Waals surface area contributed by atoms with Gasteiger partial charge in [0.05, 0.1) is 18.5 Å². The van der Waals surface area contributed by atoms with Crippen LogP contribution in [-0.2, 0) is 0 Å². The van der Waals surface area contributed by atoms with Crippen LogP contribution < -0.4 is 10.5 Å². The van der Waals surface area contributed by atoms with Crippen molar-refractivity contribution in [1.82, 2.24) is 15.2 Å². The molecule has 0 aliphatic heterocycles. The van der Waals surface area contributed by atoms with Crippen LogP contribution >= 0.6 is 0 Å². The first kappa shape index (κ1) is 12.4. The van der Waals surface area contributed by atoms with Gasteiger partial charge in [0.2, 0.25) is 0 Å². The highest BCUT2D eigenvalue weighted by Crippen LogP contribution is 2.18. The smallest absolute Gasteiger partial charge is 0.181 e. The van der Waals surface area contributed by atoms with E-state index in [-0.39, 0.29) is 0 Å². The summed E-state index contributed by atoms with van der Waals surface area (Å²) in [7, 11) is 0. The summed E-state index contributed by atoms with van der Waals surface area (Å²) in [6.07, 6.45) is 2.56. The Bertz CT molecular complexity index is 481. The largest absolute Gasteiger partial charge is 0.494 e. The number of hydrogen-bond donors (Lipinski definition) is 1. The Morgan fingerprint density at radius 3 is 2.56 bits per heavy atom. The lowest BCUT2D eigenvalue weighted by Gasteiger charge is -2.05. The molecule has 0 atom stereocenters. The van der Waals surface area contributed by atoms with Crippen molar-refractivity contribution in [2.24, 2.45) is 5.73 Å². The third-order valence-electron chi connectivity index (χ3n) is 2.41. The molecule has 18 heavy (non-hydrogen) atoms. The van der Waals surface area contributed by atoms with Crippen LogP contribution in [0.3, 0.4) is 0 Å². The Balaban J connectivity index is 2.05. The molecule has 5 heteroatoms. The molecule has 0 aliphatic carbocycles. The SMILES string of the molecule is Cc1cnc(-c2ccc(OCCCN)cc2)nn1. The Morgan fingerprint density at radius 2 is 1.94 bits per heavy atom. The van der Waals surface area contributed by atoms with Crippen LogP contribution in [0.15, 0.2) is 30.5 Å². The van der Waals surface area contributed by atoms with Crippen LogP contribution in [-0.4, -0.2) is 28.3 Å². The van der Waals surface area contributed by atoms with Crippen molar-refractivity contribution in [3.63, 3.8) is 0 Å². The van der Waals surface area contributed by atoms with E-state index in [2.05, 4.69) is 15.2 Å². The van der Waals surface area contributed by atoms with Crippen LogP contribution in [0.4, 0.5) is 0 Å². The van der Waals surface area contributed by atoms with Crippen molar-refractivity contribution in [2.45, 2.75) is 13.3 Å². The van der Waals surface area contributed by atoms with Crippen molar-refractivity contribution < 1.29 is 4.74 Å². The maximum absolute atomic E-state index is 5.52. The second-order valence-electron chi connectivity index (χ2n) is 3.94. The molecule has 5 nitrogen and oxygen atoms in total. The third kappa shape index (κ3) is 3.24. The lowest BCUT2D eigenvalue weighted by molar-refractivity contribution is 0.313. The lowest BCUT2D eigenvalue weighted by Crippen LogP contribution is -2.05. The molecule has 2 rings (SSSR count). The third-order valence-corrected chi connectivity index (χ3v) is 2.41. The van der Waals surface area contributed by atoms with E-state index in [1.807, 2.05) is 31.2 Å². The first-order chi connectivity index (χ1) is 8.79.